The maximum absolute atomic E-state index is 12.9. The van der Waals surface area contributed by atoms with Crippen LogP contribution < -0.4 is 10.5 Å². The fourth-order valence-corrected chi connectivity index (χ4v) is 3.52. The van der Waals surface area contributed by atoms with Crippen molar-refractivity contribution in [3.05, 3.63) is 23.8 Å². The number of anilines is 2. The van der Waals surface area contributed by atoms with E-state index in [-0.39, 0.29) is 5.69 Å². The SMILES string of the molecule is Nc1ccc(NS(=O)(=O)N2CCCCC2)c(C(F)(F)F)c1. The first-order valence-corrected chi connectivity index (χ1v) is 7.89. The molecule has 0 bridgehead atoms. The minimum atomic E-state index is -4.69. The van der Waals surface area contributed by atoms with E-state index in [1.807, 2.05) is 4.72 Å². The number of hydrogen-bond acceptors (Lipinski definition) is 3. The average molecular weight is 323 g/mol. The summed E-state index contributed by atoms with van der Waals surface area (Å²) in [6.45, 7) is 0.622. The van der Waals surface area contributed by atoms with Gasteiger partial charge in [-0.25, -0.2) is 0 Å². The van der Waals surface area contributed by atoms with Crippen LogP contribution in [0.25, 0.3) is 0 Å². The quantitative estimate of drug-likeness (QED) is 0.839. The van der Waals surface area contributed by atoms with E-state index in [0.717, 1.165) is 16.8 Å². The number of nitrogens with one attached hydrogen (secondary N) is 1. The minimum absolute atomic E-state index is 0.0803. The molecule has 1 aliphatic rings. The highest BCUT2D eigenvalue weighted by molar-refractivity contribution is 7.90. The van der Waals surface area contributed by atoms with Gasteiger partial charge < -0.3 is 5.73 Å². The van der Waals surface area contributed by atoms with E-state index >= 15 is 0 Å². The Hall–Kier alpha value is -1.48. The van der Waals surface area contributed by atoms with Crippen LogP contribution in [0.4, 0.5) is 24.5 Å². The molecule has 0 unspecified atom stereocenters. The van der Waals surface area contributed by atoms with Gasteiger partial charge in [0.1, 0.15) is 0 Å². The number of alkyl halides is 3. The lowest BCUT2D eigenvalue weighted by molar-refractivity contribution is -0.136. The molecular formula is C12H16F3N3O2S. The van der Waals surface area contributed by atoms with Crippen molar-refractivity contribution in [3.63, 3.8) is 0 Å². The second kappa shape index (κ2) is 5.72. The van der Waals surface area contributed by atoms with Crippen LogP contribution in [0.1, 0.15) is 24.8 Å². The third-order valence-corrected chi connectivity index (χ3v) is 4.77. The zero-order chi connectivity index (χ0) is 15.7. The van der Waals surface area contributed by atoms with Crippen LogP contribution in [0.15, 0.2) is 18.2 Å². The van der Waals surface area contributed by atoms with Crippen molar-refractivity contribution in [2.75, 3.05) is 23.5 Å². The molecule has 21 heavy (non-hydrogen) atoms. The van der Waals surface area contributed by atoms with Crippen molar-refractivity contribution < 1.29 is 21.6 Å². The lowest BCUT2D eigenvalue weighted by Gasteiger charge is -2.27. The van der Waals surface area contributed by atoms with E-state index in [1.165, 1.54) is 6.07 Å². The van der Waals surface area contributed by atoms with Crippen molar-refractivity contribution in [1.29, 1.82) is 0 Å². The Kier molecular flexibility index (Phi) is 4.33. The predicted octanol–water partition coefficient (Wildman–Crippen LogP) is 2.43. The predicted molar refractivity (Wildman–Crippen MR) is 73.8 cm³/mol. The fourth-order valence-electron chi connectivity index (χ4n) is 2.19. The second-order valence-electron chi connectivity index (χ2n) is 4.87. The van der Waals surface area contributed by atoms with Gasteiger partial charge in [-0.15, -0.1) is 0 Å². The van der Waals surface area contributed by atoms with Gasteiger partial charge in [-0.05, 0) is 31.0 Å². The van der Waals surface area contributed by atoms with E-state index in [9.17, 15) is 21.6 Å². The average Bonchev–Trinajstić information content (AvgIpc) is 2.40. The normalized spacial score (nSPS) is 17.7. The standard InChI is InChI=1S/C12H16F3N3O2S/c13-12(14,15)10-8-9(16)4-5-11(10)17-21(19,20)18-6-2-1-3-7-18/h4-5,8,17H,1-3,6-7,16H2. The lowest BCUT2D eigenvalue weighted by atomic mass is 10.1. The van der Waals surface area contributed by atoms with Gasteiger partial charge in [0.15, 0.2) is 0 Å². The molecule has 0 spiro atoms. The van der Waals surface area contributed by atoms with E-state index in [1.54, 1.807) is 0 Å². The summed E-state index contributed by atoms with van der Waals surface area (Å²) in [4.78, 5) is 0. The highest BCUT2D eigenvalue weighted by atomic mass is 32.2. The summed E-state index contributed by atoms with van der Waals surface area (Å²) in [5.74, 6) is 0. The van der Waals surface area contributed by atoms with Gasteiger partial charge in [0, 0.05) is 18.8 Å². The lowest BCUT2D eigenvalue weighted by Crippen LogP contribution is -2.39. The summed E-state index contributed by atoms with van der Waals surface area (Å²) < 4.78 is 66.3. The maximum Gasteiger partial charge on any atom is 0.418 e. The largest absolute Gasteiger partial charge is 0.418 e. The number of rotatable bonds is 3. The molecule has 118 valence electrons. The van der Waals surface area contributed by atoms with Crippen LogP contribution in [0, 0.1) is 0 Å². The first-order valence-electron chi connectivity index (χ1n) is 6.45. The zero-order valence-corrected chi connectivity index (χ0v) is 12.0. The summed E-state index contributed by atoms with van der Waals surface area (Å²) in [6, 6.07) is 2.97. The van der Waals surface area contributed by atoms with Crippen LogP contribution in [-0.4, -0.2) is 25.8 Å². The molecule has 5 nitrogen and oxygen atoms in total. The Balaban J connectivity index is 2.30. The van der Waals surface area contributed by atoms with Crippen molar-refractivity contribution in [1.82, 2.24) is 4.31 Å². The topological polar surface area (TPSA) is 75.4 Å². The molecule has 0 radical (unpaired) electrons. The molecule has 1 heterocycles. The molecule has 1 aromatic carbocycles. The third kappa shape index (κ3) is 3.79. The Morgan fingerprint density at radius 3 is 2.33 bits per heavy atom. The van der Waals surface area contributed by atoms with Crippen LogP contribution >= 0.6 is 0 Å². The molecule has 9 heteroatoms. The smallest absolute Gasteiger partial charge is 0.399 e. The molecular weight excluding hydrogens is 307 g/mol. The molecule has 1 aliphatic heterocycles. The van der Waals surface area contributed by atoms with Crippen LogP contribution in [0.5, 0.6) is 0 Å². The number of nitrogens with zero attached hydrogens (tertiary/aromatic N) is 1. The minimum Gasteiger partial charge on any atom is -0.399 e. The number of hydrogen-bond donors (Lipinski definition) is 2. The first-order chi connectivity index (χ1) is 9.70. The van der Waals surface area contributed by atoms with Gasteiger partial charge in [0.2, 0.25) is 0 Å². The Morgan fingerprint density at radius 2 is 1.76 bits per heavy atom. The highest BCUT2D eigenvalue weighted by Crippen LogP contribution is 2.36. The van der Waals surface area contributed by atoms with E-state index in [2.05, 4.69) is 0 Å². The third-order valence-electron chi connectivity index (χ3n) is 3.24. The Bertz CT molecular complexity index is 611. The number of halogens is 3. The molecule has 1 fully saturated rings. The summed E-state index contributed by atoms with van der Waals surface area (Å²) >= 11 is 0. The number of nitrogens with two attached hydrogens (primary N) is 1. The summed E-state index contributed by atoms with van der Waals surface area (Å²) in [5.41, 5.74) is 3.66. The highest BCUT2D eigenvalue weighted by Gasteiger charge is 2.35. The van der Waals surface area contributed by atoms with E-state index in [4.69, 9.17) is 5.73 Å². The van der Waals surface area contributed by atoms with Crippen molar-refractivity contribution in [2.24, 2.45) is 0 Å². The number of piperidine rings is 1. The van der Waals surface area contributed by atoms with Crippen LogP contribution in [0.2, 0.25) is 0 Å². The number of benzene rings is 1. The van der Waals surface area contributed by atoms with E-state index < -0.39 is 27.6 Å². The second-order valence-corrected chi connectivity index (χ2v) is 6.54. The summed E-state index contributed by atoms with van der Waals surface area (Å²) in [7, 11) is -3.99. The molecule has 1 aromatic rings. The van der Waals surface area contributed by atoms with Crippen LogP contribution in [-0.2, 0) is 16.4 Å². The van der Waals surface area contributed by atoms with Gasteiger partial charge in [0.05, 0.1) is 11.3 Å². The van der Waals surface area contributed by atoms with Crippen molar-refractivity contribution in [2.45, 2.75) is 25.4 Å². The van der Waals surface area contributed by atoms with Crippen molar-refractivity contribution in [3.8, 4) is 0 Å². The van der Waals surface area contributed by atoms with Gasteiger partial charge in [-0.1, -0.05) is 6.42 Å². The van der Waals surface area contributed by atoms with Crippen molar-refractivity contribution >= 4 is 21.6 Å². The summed E-state index contributed by atoms with van der Waals surface area (Å²) in [6.07, 6.45) is -2.36. The van der Waals surface area contributed by atoms with Gasteiger partial charge in [-0.2, -0.15) is 25.9 Å². The molecule has 0 saturated carbocycles. The van der Waals surface area contributed by atoms with Gasteiger partial charge in [0.25, 0.3) is 0 Å². The Morgan fingerprint density at radius 1 is 1.14 bits per heavy atom. The molecule has 0 atom stereocenters. The maximum atomic E-state index is 12.9. The Labute approximate surface area is 121 Å². The zero-order valence-electron chi connectivity index (χ0n) is 11.2. The fraction of sp³-hybridized carbons (Fsp3) is 0.500. The molecule has 1 saturated heterocycles. The molecule has 2 rings (SSSR count). The number of nitrogen functional groups attached to an aromatic ring is 1. The molecule has 0 aliphatic carbocycles. The first kappa shape index (κ1) is 15.9. The summed E-state index contributed by atoms with van der Waals surface area (Å²) in [5, 5.41) is 0. The van der Waals surface area contributed by atoms with Gasteiger partial charge >= 0.3 is 16.4 Å². The van der Waals surface area contributed by atoms with Gasteiger partial charge in [-0.3, -0.25) is 4.72 Å². The molecule has 0 amide bonds. The van der Waals surface area contributed by atoms with Crippen LogP contribution in [0.3, 0.4) is 0 Å². The molecule has 0 aromatic heterocycles. The molecule has 3 N–H and O–H groups in total. The van der Waals surface area contributed by atoms with E-state index in [0.29, 0.717) is 32.0 Å². The monoisotopic (exact) mass is 323 g/mol.